The molecule has 0 unspecified atom stereocenters. The number of hydrogen-bond donors (Lipinski definition) is 1. The molecule has 0 aliphatic carbocycles. The van der Waals surface area contributed by atoms with Crippen molar-refractivity contribution in [2.45, 2.75) is 41.2 Å². The molecule has 9 nitrogen and oxygen atoms in total. The molecule has 0 atom stereocenters. The quantitative estimate of drug-likeness (QED) is 0.368. The summed E-state index contributed by atoms with van der Waals surface area (Å²) in [5.74, 6) is -1.11. The largest absolute Gasteiger partial charge is 2.00 e. The summed E-state index contributed by atoms with van der Waals surface area (Å²) in [6.45, 7) is 9.54. The van der Waals surface area contributed by atoms with Gasteiger partial charge in [-0.2, -0.15) is 5.26 Å². The number of azo groups is 1. The van der Waals surface area contributed by atoms with Gasteiger partial charge in [0.25, 0.3) is 17.4 Å². The van der Waals surface area contributed by atoms with Crippen LogP contribution < -0.4 is 5.56 Å². The Morgan fingerprint density at radius 3 is 2.24 bits per heavy atom. The van der Waals surface area contributed by atoms with Gasteiger partial charge in [-0.1, -0.05) is 33.8 Å². The van der Waals surface area contributed by atoms with Crippen molar-refractivity contribution in [2.24, 2.45) is 22.1 Å². The minimum atomic E-state index is -0.590. The molecule has 2 heterocycles. The molecule has 2 aromatic rings. The predicted octanol–water partition coefficient (Wildman–Crippen LogP) is 4.05. The summed E-state index contributed by atoms with van der Waals surface area (Å²) in [5, 5.41) is 28.0. The van der Waals surface area contributed by atoms with E-state index in [9.17, 15) is 24.8 Å². The Labute approximate surface area is 201 Å². The number of amides is 2. The molecule has 0 fully saturated rings. The zero-order chi connectivity index (χ0) is 23.7. The standard InChI is InChI=1S/C23H25N5O4.Ni/c1-12(2)10-27-20(29)15-7-6-8-17(18(15)22(27)31)25-26-19-14(5)16(9-24)21(30)28(23(19)32)11-13(3)4;/h6-8,12-13,30H,10-11H2,1-5H3;/q;+2. The third-order valence-electron chi connectivity index (χ3n) is 5.10. The predicted molar refractivity (Wildman–Crippen MR) is 117 cm³/mol. The fraction of sp³-hybridized carbons (Fsp3) is 0.391. The maximum Gasteiger partial charge on any atom is 2.00 e. The summed E-state index contributed by atoms with van der Waals surface area (Å²) >= 11 is 0. The molecule has 0 saturated carbocycles. The number of aromatic nitrogens is 1. The van der Waals surface area contributed by atoms with Crippen molar-refractivity contribution >= 4 is 23.2 Å². The number of imide groups is 1. The van der Waals surface area contributed by atoms with Crippen LogP contribution in [0, 0.1) is 30.1 Å². The number of fused-ring (bicyclic) bond motifs is 1. The second-order valence-corrected chi connectivity index (χ2v) is 8.61. The Hall–Kier alpha value is -3.31. The van der Waals surface area contributed by atoms with E-state index in [0.29, 0.717) is 0 Å². The second kappa shape index (κ2) is 10.1. The topological polar surface area (TPSA) is 128 Å². The Morgan fingerprint density at radius 1 is 1.03 bits per heavy atom. The molecule has 0 saturated heterocycles. The minimum Gasteiger partial charge on any atom is -0.493 e. The van der Waals surface area contributed by atoms with Crippen molar-refractivity contribution in [1.82, 2.24) is 9.47 Å². The molecule has 1 aromatic heterocycles. The number of benzene rings is 1. The average Bonchev–Trinajstić information content (AvgIpc) is 2.96. The summed E-state index contributed by atoms with van der Waals surface area (Å²) in [6.07, 6.45) is 0. The minimum absolute atomic E-state index is 0. The van der Waals surface area contributed by atoms with Gasteiger partial charge >= 0.3 is 16.5 Å². The van der Waals surface area contributed by atoms with E-state index < -0.39 is 17.3 Å². The molecule has 1 aliphatic heterocycles. The number of rotatable bonds is 6. The average molecular weight is 494 g/mol. The van der Waals surface area contributed by atoms with E-state index in [1.165, 1.54) is 11.8 Å². The third-order valence-corrected chi connectivity index (χ3v) is 5.10. The monoisotopic (exact) mass is 493 g/mol. The summed E-state index contributed by atoms with van der Waals surface area (Å²) in [7, 11) is 0. The molecular weight excluding hydrogens is 469 g/mol. The Bertz CT molecular complexity index is 1240. The van der Waals surface area contributed by atoms with Gasteiger partial charge in [-0.25, -0.2) is 0 Å². The molecule has 0 radical (unpaired) electrons. The van der Waals surface area contributed by atoms with Crippen molar-refractivity contribution in [3.05, 3.63) is 50.8 Å². The smallest absolute Gasteiger partial charge is 0.493 e. The molecule has 10 heteroatoms. The molecule has 174 valence electrons. The number of carbonyl (C=O) groups is 2. The van der Waals surface area contributed by atoms with Gasteiger partial charge < -0.3 is 5.11 Å². The van der Waals surface area contributed by atoms with Gasteiger partial charge in [0.15, 0.2) is 5.69 Å². The maximum atomic E-state index is 13.0. The molecular formula is C23H25N5NiO4+2. The summed E-state index contributed by atoms with van der Waals surface area (Å²) in [4.78, 5) is 39.7. The van der Waals surface area contributed by atoms with E-state index in [1.54, 1.807) is 18.2 Å². The molecule has 0 spiro atoms. The van der Waals surface area contributed by atoms with E-state index >= 15 is 0 Å². The summed E-state index contributed by atoms with van der Waals surface area (Å²) in [6, 6.07) is 6.60. The SMILES string of the molecule is Cc1c(C#N)c(O)n(CC(C)C)c(=O)c1N=Nc1cccc2c1C(=O)N(CC(C)C)C2=O.[Ni+2]. The zero-order valence-corrected chi connectivity index (χ0v) is 20.0. The van der Waals surface area contributed by atoms with Crippen molar-refractivity contribution in [1.29, 1.82) is 5.26 Å². The van der Waals surface area contributed by atoms with Crippen LogP contribution in [0.5, 0.6) is 5.88 Å². The van der Waals surface area contributed by atoms with Gasteiger partial charge in [-0.15, -0.1) is 10.2 Å². The zero-order valence-electron chi connectivity index (χ0n) is 19.0. The van der Waals surface area contributed by atoms with Crippen LogP contribution >= 0.6 is 0 Å². The normalized spacial score (nSPS) is 13.1. The molecule has 1 aliphatic rings. The van der Waals surface area contributed by atoms with Crippen molar-refractivity contribution < 1.29 is 31.2 Å². The van der Waals surface area contributed by atoms with Gasteiger partial charge in [-0.3, -0.25) is 23.9 Å². The first kappa shape index (κ1) is 25.9. The molecule has 3 rings (SSSR count). The number of nitriles is 1. The Balaban J connectivity index is 0.00000385. The van der Waals surface area contributed by atoms with Gasteiger partial charge in [0.05, 0.1) is 16.8 Å². The molecule has 0 bridgehead atoms. The first-order chi connectivity index (χ1) is 15.1. The van der Waals surface area contributed by atoms with E-state index in [-0.39, 0.29) is 81.0 Å². The fourth-order valence-electron chi connectivity index (χ4n) is 3.63. The van der Waals surface area contributed by atoms with Gasteiger partial charge in [0, 0.05) is 18.7 Å². The molecule has 1 aromatic carbocycles. The van der Waals surface area contributed by atoms with Crippen LogP contribution in [-0.4, -0.2) is 32.9 Å². The van der Waals surface area contributed by atoms with Crippen LogP contribution in [0.3, 0.4) is 0 Å². The van der Waals surface area contributed by atoms with Crippen LogP contribution in [-0.2, 0) is 23.0 Å². The first-order valence-corrected chi connectivity index (χ1v) is 10.4. The van der Waals surface area contributed by atoms with Crippen molar-refractivity contribution in [3.8, 4) is 11.9 Å². The first-order valence-electron chi connectivity index (χ1n) is 10.4. The van der Waals surface area contributed by atoms with E-state index in [4.69, 9.17) is 0 Å². The van der Waals surface area contributed by atoms with E-state index in [2.05, 4.69) is 10.2 Å². The molecule has 1 N–H and O–H groups in total. The number of carbonyl (C=O) groups excluding carboxylic acids is 2. The van der Waals surface area contributed by atoms with Crippen molar-refractivity contribution in [2.75, 3.05) is 6.54 Å². The summed E-state index contributed by atoms with van der Waals surface area (Å²) < 4.78 is 1.10. The van der Waals surface area contributed by atoms with E-state index in [0.717, 1.165) is 4.57 Å². The Morgan fingerprint density at radius 2 is 1.67 bits per heavy atom. The van der Waals surface area contributed by atoms with Crippen LogP contribution in [0.1, 0.15) is 59.5 Å². The number of nitrogens with zero attached hydrogens (tertiary/aromatic N) is 5. The fourth-order valence-corrected chi connectivity index (χ4v) is 3.63. The van der Waals surface area contributed by atoms with Crippen LogP contribution in [0.2, 0.25) is 0 Å². The number of aromatic hydroxyl groups is 1. The summed E-state index contributed by atoms with van der Waals surface area (Å²) in [5.41, 5.74) is -0.0259. The van der Waals surface area contributed by atoms with Crippen LogP contribution in [0.15, 0.2) is 33.2 Å². The number of pyridine rings is 1. The van der Waals surface area contributed by atoms with Crippen molar-refractivity contribution in [3.63, 3.8) is 0 Å². The maximum absolute atomic E-state index is 13.0. The van der Waals surface area contributed by atoms with Gasteiger partial charge in [0.2, 0.25) is 5.88 Å². The third kappa shape index (κ3) is 4.74. The van der Waals surface area contributed by atoms with Gasteiger partial charge in [0.1, 0.15) is 11.6 Å². The number of hydrogen-bond acceptors (Lipinski definition) is 7. The second-order valence-electron chi connectivity index (χ2n) is 8.61. The van der Waals surface area contributed by atoms with E-state index in [1.807, 2.05) is 33.8 Å². The molecule has 2 amide bonds. The molecule has 33 heavy (non-hydrogen) atoms. The van der Waals surface area contributed by atoms with Gasteiger partial charge in [-0.05, 0) is 30.9 Å². The van der Waals surface area contributed by atoms with Crippen LogP contribution in [0.4, 0.5) is 11.4 Å². The van der Waals surface area contributed by atoms with Crippen LogP contribution in [0.25, 0.3) is 0 Å². The Kier molecular flexibility index (Phi) is 7.94.